The van der Waals surface area contributed by atoms with E-state index in [0.29, 0.717) is 19.8 Å². The normalized spacial score (nSPS) is 10.4. The number of ether oxygens (including phenoxy) is 4. The molecule has 1 rings (SSSR count). The molecule has 0 N–H and O–H groups in total. The highest BCUT2D eigenvalue weighted by atomic mass is 16.6. The van der Waals surface area contributed by atoms with Crippen molar-refractivity contribution in [1.29, 1.82) is 0 Å². The lowest BCUT2D eigenvalue weighted by Crippen LogP contribution is -2.14. The van der Waals surface area contributed by atoms with Gasteiger partial charge in [0.1, 0.15) is 13.2 Å². The van der Waals surface area contributed by atoms with Gasteiger partial charge in [0.2, 0.25) is 0 Å². The van der Waals surface area contributed by atoms with Crippen LogP contribution in [0.15, 0.2) is 30.3 Å². The molecule has 0 radical (unpaired) electrons. The largest absolute Gasteiger partial charge is 0.463 e. The lowest BCUT2D eigenvalue weighted by atomic mass is 10.2. The average molecular weight is 338 g/mol. The second kappa shape index (κ2) is 13.5. The third-order valence-corrected chi connectivity index (χ3v) is 2.99. The molecule has 24 heavy (non-hydrogen) atoms. The summed E-state index contributed by atoms with van der Waals surface area (Å²) < 4.78 is 20.5. The first-order chi connectivity index (χ1) is 11.7. The highest BCUT2D eigenvalue weighted by molar-refractivity contribution is 5.77. The van der Waals surface area contributed by atoms with E-state index in [4.69, 9.17) is 18.9 Å². The smallest absolute Gasteiger partial charge is 0.306 e. The number of rotatable bonds is 13. The summed E-state index contributed by atoms with van der Waals surface area (Å²) in [5.74, 6) is -0.849. The van der Waals surface area contributed by atoms with Gasteiger partial charge in [-0.15, -0.1) is 0 Å². The molecule has 0 amide bonds. The van der Waals surface area contributed by atoms with Crippen molar-refractivity contribution in [2.24, 2.45) is 0 Å². The second-order valence-corrected chi connectivity index (χ2v) is 5.09. The number of hydrogen-bond acceptors (Lipinski definition) is 6. The molecule has 0 saturated carbocycles. The second-order valence-electron chi connectivity index (χ2n) is 5.09. The van der Waals surface area contributed by atoms with Crippen LogP contribution in [0, 0.1) is 0 Å². The Morgan fingerprint density at radius 3 is 2.04 bits per heavy atom. The highest BCUT2D eigenvalue weighted by Gasteiger charge is 2.09. The van der Waals surface area contributed by atoms with E-state index in [-0.39, 0.29) is 26.1 Å². The molecule has 0 aromatic heterocycles. The Morgan fingerprint density at radius 1 is 0.792 bits per heavy atom. The Kier molecular flexibility index (Phi) is 11.3. The predicted molar refractivity (Wildman–Crippen MR) is 88.4 cm³/mol. The van der Waals surface area contributed by atoms with Crippen molar-refractivity contribution < 1.29 is 28.5 Å². The summed E-state index contributed by atoms with van der Waals surface area (Å²) in [5.41, 5.74) is 0.911. The molecule has 0 saturated heterocycles. The van der Waals surface area contributed by atoms with E-state index < -0.39 is 11.9 Å². The first-order valence-corrected chi connectivity index (χ1v) is 8.23. The maximum atomic E-state index is 11.6. The van der Waals surface area contributed by atoms with Gasteiger partial charge in [-0.3, -0.25) is 9.59 Å². The Balaban J connectivity index is 1.96. The van der Waals surface area contributed by atoms with E-state index in [2.05, 4.69) is 0 Å². The molecule has 1 aromatic rings. The quantitative estimate of drug-likeness (QED) is 0.406. The Labute approximate surface area is 143 Å². The van der Waals surface area contributed by atoms with Crippen LogP contribution in [-0.4, -0.2) is 45.0 Å². The number of carbonyl (C=O) groups is 2. The molecule has 0 fully saturated rings. The SMILES string of the molecule is CCCOCCOCCOC(=O)CCC(=O)OCc1ccccc1. The molecular weight excluding hydrogens is 312 g/mol. The molecule has 134 valence electrons. The fraction of sp³-hybridized carbons (Fsp3) is 0.556. The lowest BCUT2D eigenvalue weighted by molar-refractivity contribution is -0.151. The van der Waals surface area contributed by atoms with E-state index in [0.717, 1.165) is 18.6 Å². The molecule has 6 heteroatoms. The van der Waals surface area contributed by atoms with Gasteiger partial charge in [-0.25, -0.2) is 0 Å². The molecule has 0 aliphatic carbocycles. The van der Waals surface area contributed by atoms with Crippen molar-refractivity contribution in [3.05, 3.63) is 35.9 Å². The maximum absolute atomic E-state index is 11.6. The zero-order valence-corrected chi connectivity index (χ0v) is 14.2. The number of carbonyl (C=O) groups excluding carboxylic acids is 2. The van der Waals surface area contributed by atoms with Gasteiger partial charge >= 0.3 is 11.9 Å². The van der Waals surface area contributed by atoms with Gasteiger partial charge in [-0.05, 0) is 12.0 Å². The lowest BCUT2D eigenvalue weighted by Gasteiger charge is -2.07. The van der Waals surface area contributed by atoms with Crippen LogP contribution in [-0.2, 0) is 35.1 Å². The van der Waals surface area contributed by atoms with Gasteiger partial charge in [0.05, 0.1) is 32.7 Å². The zero-order chi connectivity index (χ0) is 17.5. The van der Waals surface area contributed by atoms with E-state index in [1.165, 1.54) is 0 Å². The summed E-state index contributed by atoms with van der Waals surface area (Å²) in [4.78, 5) is 23.0. The Hall–Kier alpha value is -1.92. The van der Waals surface area contributed by atoms with Crippen molar-refractivity contribution >= 4 is 11.9 Å². The molecule has 0 spiro atoms. The minimum atomic E-state index is -0.433. The van der Waals surface area contributed by atoms with Crippen LogP contribution in [0.2, 0.25) is 0 Å². The molecule has 0 atom stereocenters. The molecule has 6 nitrogen and oxygen atoms in total. The predicted octanol–water partition coefficient (Wildman–Crippen LogP) is 2.50. The van der Waals surface area contributed by atoms with Crippen LogP contribution < -0.4 is 0 Å². The monoisotopic (exact) mass is 338 g/mol. The summed E-state index contributed by atoms with van der Waals surface area (Å²) in [5, 5.41) is 0. The molecule has 0 aliphatic rings. The number of hydrogen-bond donors (Lipinski definition) is 0. The summed E-state index contributed by atoms with van der Waals surface area (Å²) in [7, 11) is 0. The van der Waals surface area contributed by atoms with E-state index >= 15 is 0 Å². The van der Waals surface area contributed by atoms with Crippen molar-refractivity contribution in [3.8, 4) is 0 Å². The molecule has 0 heterocycles. The van der Waals surface area contributed by atoms with Crippen molar-refractivity contribution in [2.75, 3.05) is 33.0 Å². The fourth-order valence-corrected chi connectivity index (χ4v) is 1.77. The highest BCUT2D eigenvalue weighted by Crippen LogP contribution is 2.03. The topological polar surface area (TPSA) is 71.1 Å². The van der Waals surface area contributed by atoms with Gasteiger partial charge in [-0.1, -0.05) is 37.3 Å². The van der Waals surface area contributed by atoms with Crippen molar-refractivity contribution in [2.45, 2.75) is 32.8 Å². The third-order valence-electron chi connectivity index (χ3n) is 2.99. The standard InChI is InChI=1S/C18H26O6/c1-2-10-21-11-12-22-13-14-23-17(19)8-9-18(20)24-15-16-6-4-3-5-7-16/h3-7H,2,8-15H2,1H3. The Bertz CT molecular complexity index is 460. The molecule has 0 aliphatic heterocycles. The Morgan fingerprint density at radius 2 is 1.38 bits per heavy atom. The van der Waals surface area contributed by atoms with E-state index in [1.54, 1.807) is 0 Å². The van der Waals surface area contributed by atoms with Gasteiger partial charge < -0.3 is 18.9 Å². The summed E-state index contributed by atoms with van der Waals surface area (Å²) >= 11 is 0. The van der Waals surface area contributed by atoms with Gasteiger partial charge in [0.25, 0.3) is 0 Å². The fourth-order valence-electron chi connectivity index (χ4n) is 1.77. The summed E-state index contributed by atoms with van der Waals surface area (Å²) in [6.45, 7) is 4.48. The van der Waals surface area contributed by atoms with Crippen LogP contribution >= 0.6 is 0 Å². The first-order valence-electron chi connectivity index (χ1n) is 8.23. The van der Waals surface area contributed by atoms with E-state index in [1.807, 2.05) is 37.3 Å². The average Bonchev–Trinajstić information content (AvgIpc) is 2.61. The van der Waals surface area contributed by atoms with Crippen LogP contribution in [0.1, 0.15) is 31.7 Å². The number of esters is 2. The minimum absolute atomic E-state index is 0.00718. The van der Waals surface area contributed by atoms with Crippen molar-refractivity contribution in [3.63, 3.8) is 0 Å². The van der Waals surface area contributed by atoms with Gasteiger partial charge in [0.15, 0.2) is 0 Å². The third kappa shape index (κ3) is 10.7. The first kappa shape index (κ1) is 20.1. The minimum Gasteiger partial charge on any atom is -0.463 e. The number of benzene rings is 1. The molecule has 1 aromatic carbocycles. The van der Waals surface area contributed by atoms with Crippen LogP contribution in [0.3, 0.4) is 0 Å². The van der Waals surface area contributed by atoms with Gasteiger partial charge in [0, 0.05) is 6.61 Å². The van der Waals surface area contributed by atoms with Crippen LogP contribution in [0.25, 0.3) is 0 Å². The zero-order valence-electron chi connectivity index (χ0n) is 14.2. The summed E-state index contributed by atoms with van der Waals surface area (Å²) in [6.07, 6.45) is 0.996. The van der Waals surface area contributed by atoms with Crippen LogP contribution in [0.4, 0.5) is 0 Å². The molecule has 0 bridgehead atoms. The molecule has 0 unspecified atom stereocenters. The maximum Gasteiger partial charge on any atom is 0.306 e. The van der Waals surface area contributed by atoms with E-state index in [9.17, 15) is 9.59 Å². The van der Waals surface area contributed by atoms with Crippen molar-refractivity contribution in [1.82, 2.24) is 0 Å². The van der Waals surface area contributed by atoms with Gasteiger partial charge in [-0.2, -0.15) is 0 Å². The molecular formula is C18H26O6. The summed E-state index contributed by atoms with van der Waals surface area (Å²) in [6, 6.07) is 9.38. The van der Waals surface area contributed by atoms with Crippen LogP contribution in [0.5, 0.6) is 0 Å².